The van der Waals surface area contributed by atoms with Gasteiger partial charge in [0, 0.05) is 6.04 Å². The lowest BCUT2D eigenvalue weighted by Crippen LogP contribution is -2.47. The number of carbonyl (C=O) groups is 1. The third-order valence-electron chi connectivity index (χ3n) is 2.83. The first kappa shape index (κ1) is 15.4. The van der Waals surface area contributed by atoms with Gasteiger partial charge in [-0.05, 0) is 25.2 Å². The lowest BCUT2D eigenvalue weighted by atomic mass is 10.0. The molecule has 0 aliphatic rings. The lowest BCUT2D eigenvalue weighted by molar-refractivity contribution is -0.123. The molecule has 0 aromatic rings. The van der Waals surface area contributed by atoms with Crippen LogP contribution in [0.25, 0.3) is 0 Å². The normalized spacial score (nSPS) is 15.2. The Bertz CT molecular complexity index is 202. The van der Waals surface area contributed by atoms with Crippen molar-refractivity contribution in [2.75, 3.05) is 0 Å². The van der Waals surface area contributed by atoms with Gasteiger partial charge in [-0.3, -0.25) is 4.79 Å². The highest BCUT2D eigenvalue weighted by molar-refractivity contribution is 5.81. The molecule has 1 amide bonds. The van der Waals surface area contributed by atoms with E-state index in [4.69, 9.17) is 5.73 Å². The van der Waals surface area contributed by atoms with Crippen LogP contribution in [0.1, 0.15) is 53.9 Å². The Balaban J connectivity index is 3.78. The topological polar surface area (TPSA) is 55.1 Å². The summed E-state index contributed by atoms with van der Waals surface area (Å²) in [5.74, 6) is 0.913. The highest BCUT2D eigenvalue weighted by atomic mass is 16.2. The van der Waals surface area contributed by atoms with Crippen LogP contribution in [-0.2, 0) is 4.79 Å². The molecule has 0 radical (unpaired) electrons. The van der Waals surface area contributed by atoms with E-state index < -0.39 is 0 Å². The van der Waals surface area contributed by atoms with Crippen LogP contribution in [0.4, 0.5) is 0 Å². The first-order chi connectivity index (χ1) is 7.34. The van der Waals surface area contributed by atoms with E-state index in [1.54, 1.807) is 0 Å². The fourth-order valence-electron chi connectivity index (χ4n) is 1.55. The van der Waals surface area contributed by atoms with E-state index in [1.165, 1.54) is 6.42 Å². The number of hydrogen-bond donors (Lipinski definition) is 2. The van der Waals surface area contributed by atoms with Crippen molar-refractivity contribution in [3.8, 4) is 0 Å². The average molecular weight is 228 g/mol. The van der Waals surface area contributed by atoms with Crippen LogP contribution in [0.2, 0.25) is 0 Å². The van der Waals surface area contributed by atoms with E-state index in [9.17, 15) is 4.79 Å². The monoisotopic (exact) mass is 228 g/mol. The number of carbonyl (C=O) groups excluding carboxylic acids is 1. The third-order valence-corrected chi connectivity index (χ3v) is 2.83. The molecule has 16 heavy (non-hydrogen) atoms. The van der Waals surface area contributed by atoms with Crippen molar-refractivity contribution in [1.82, 2.24) is 5.32 Å². The SMILES string of the molecule is CC(C)CCCC(C)NC(=O)[C@H](N)C(C)C. The zero-order valence-electron chi connectivity index (χ0n) is 11.4. The number of rotatable bonds is 7. The van der Waals surface area contributed by atoms with Gasteiger partial charge >= 0.3 is 0 Å². The molecule has 0 aliphatic carbocycles. The molecular formula is C13H28N2O. The van der Waals surface area contributed by atoms with Crippen LogP contribution in [0, 0.1) is 11.8 Å². The molecule has 3 N–H and O–H groups in total. The van der Waals surface area contributed by atoms with Crippen molar-refractivity contribution >= 4 is 5.91 Å². The minimum atomic E-state index is -0.382. The summed E-state index contributed by atoms with van der Waals surface area (Å²) < 4.78 is 0. The Morgan fingerprint density at radius 3 is 2.12 bits per heavy atom. The fourth-order valence-corrected chi connectivity index (χ4v) is 1.55. The summed E-state index contributed by atoms with van der Waals surface area (Å²) in [4.78, 5) is 11.7. The van der Waals surface area contributed by atoms with E-state index in [1.807, 2.05) is 20.8 Å². The molecule has 0 bridgehead atoms. The maximum Gasteiger partial charge on any atom is 0.237 e. The molecule has 0 saturated heterocycles. The molecule has 1 unspecified atom stereocenters. The molecule has 0 heterocycles. The first-order valence-corrected chi connectivity index (χ1v) is 6.40. The smallest absolute Gasteiger partial charge is 0.237 e. The quantitative estimate of drug-likeness (QED) is 0.702. The Hall–Kier alpha value is -0.570. The zero-order chi connectivity index (χ0) is 12.7. The van der Waals surface area contributed by atoms with Gasteiger partial charge < -0.3 is 11.1 Å². The Morgan fingerprint density at radius 1 is 1.12 bits per heavy atom. The van der Waals surface area contributed by atoms with Crippen molar-refractivity contribution in [3.63, 3.8) is 0 Å². The third kappa shape index (κ3) is 6.83. The summed E-state index contributed by atoms with van der Waals surface area (Å²) in [6.07, 6.45) is 3.42. The van der Waals surface area contributed by atoms with E-state index >= 15 is 0 Å². The average Bonchev–Trinajstić information content (AvgIpc) is 2.15. The summed E-state index contributed by atoms with van der Waals surface area (Å²) >= 11 is 0. The van der Waals surface area contributed by atoms with E-state index in [-0.39, 0.29) is 23.9 Å². The largest absolute Gasteiger partial charge is 0.352 e. The predicted octanol–water partition coefficient (Wildman–Crippen LogP) is 2.30. The van der Waals surface area contributed by atoms with Crippen molar-refractivity contribution in [2.45, 2.75) is 66.0 Å². The molecule has 0 spiro atoms. The highest BCUT2D eigenvalue weighted by Crippen LogP contribution is 2.08. The minimum Gasteiger partial charge on any atom is -0.352 e. The molecule has 2 atom stereocenters. The van der Waals surface area contributed by atoms with Crippen molar-refractivity contribution in [1.29, 1.82) is 0 Å². The molecule has 0 saturated carbocycles. The second-order valence-electron chi connectivity index (χ2n) is 5.50. The van der Waals surface area contributed by atoms with Gasteiger partial charge in [-0.1, -0.05) is 40.5 Å². The van der Waals surface area contributed by atoms with Gasteiger partial charge in [-0.15, -0.1) is 0 Å². The minimum absolute atomic E-state index is 0.0213. The maximum atomic E-state index is 11.7. The van der Waals surface area contributed by atoms with Crippen LogP contribution in [0.15, 0.2) is 0 Å². The van der Waals surface area contributed by atoms with Gasteiger partial charge in [0.1, 0.15) is 0 Å². The second kappa shape index (κ2) is 7.66. The van der Waals surface area contributed by atoms with E-state index in [0.717, 1.165) is 18.8 Å². The van der Waals surface area contributed by atoms with Gasteiger partial charge in [0.25, 0.3) is 0 Å². The van der Waals surface area contributed by atoms with Crippen LogP contribution in [-0.4, -0.2) is 18.0 Å². The van der Waals surface area contributed by atoms with Gasteiger partial charge in [0.2, 0.25) is 5.91 Å². The van der Waals surface area contributed by atoms with Gasteiger partial charge in [0.15, 0.2) is 0 Å². The zero-order valence-corrected chi connectivity index (χ0v) is 11.4. The Kier molecular flexibility index (Phi) is 7.39. The second-order valence-corrected chi connectivity index (χ2v) is 5.50. The molecule has 0 fully saturated rings. The van der Waals surface area contributed by atoms with Gasteiger partial charge in [0.05, 0.1) is 6.04 Å². The number of nitrogens with two attached hydrogens (primary N) is 1. The Morgan fingerprint density at radius 2 is 1.69 bits per heavy atom. The van der Waals surface area contributed by atoms with Crippen LogP contribution in [0.3, 0.4) is 0 Å². The highest BCUT2D eigenvalue weighted by Gasteiger charge is 2.18. The van der Waals surface area contributed by atoms with Gasteiger partial charge in [-0.25, -0.2) is 0 Å². The molecule has 3 nitrogen and oxygen atoms in total. The van der Waals surface area contributed by atoms with E-state index in [2.05, 4.69) is 19.2 Å². The van der Waals surface area contributed by atoms with Crippen molar-refractivity contribution in [3.05, 3.63) is 0 Å². The van der Waals surface area contributed by atoms with Crippen LogP contribution in [0.5, 0.6) is 0 Å². The maximum absolute atomic E-state index is 11.7. The summed E-state index contributed by atoms with van der Waals surface area (Å²) in [5.41, 5.74) is 5.77. The lowest BCUT2D eigenvalue weighted by Gasteiger charge is -2.19. The van der Waals surface area contributed by atoms with Gasteiger partial charge in [-0.2, -0.15) is 0 Å². The van der Waals surface area contributed by atoms with Crippen LogP contribution < -0.4 is 11.1 Å². The standard InChI is InChI=1S/C13H28N2O/c1-9(2)7-6-8-11(5)15-13(16)12(14)10(3)4/h9-12H,6-8,14H2,1-5H3,(H,15,16)/t11?,12-/m1/s1. The molecular weight excluding hydrogens is 200 g/mol. The first-order valence-electron chi connectivity index (χ1n) is 6.40. The predicted molar refractivity (Wildman–Crippen MR) is 69.1 cm³/mol. The summed E-state index contributed by atoms with van der Waals surface area (Å²) in [6.45, 7) is 10.4. The summed E-state index contributed by atoms with van der Waals surface area (Å²) in [7, 11) is 0. The molecule has 0 aliphatic heterocycles. The number of amides is 1. The molecule has 96 valence electrons. The summed E-state index contributed by atoms with van der Waals surface area (Å²) in [6, 6.07) is -0.149. The molecule has 0 rings (SSSR count). The van der Waals surface area contributed by atoms with Crippen LogP contribution >= 0.6 is 0 Å². The molecule has 0 aromatic carbocycles. The van der Waals surface area contributed by atoms with E-state index in [0.29, 0.717) is 0 Å². The summed E-state index contributed by atoms with van der Waals surface area (Å²) in [5, 5.41) is 2.97. The van der Waals surface area contributed by atoms with Crippen molar-refractivity contribution < 1.29 is 4.79 Å². The molecule has 3 heteroatoms. The van der Waals surface area contributed by atoms with Crippen molar-refractivity contribution in [2.24, 2.45) is 17.6 Å². The number of nitrogens with one attached hydrogen (secondary N) is 1. The Labute approximate surface area is 100 Å². The number of hydrogen-bond acceptors (Lipinski definition) is 2. The molecule has 0 aromatic heterocycles. The fraction of sp³-hybridized carbons (Fsp3) is 0.923.